The second-order valence-corrected chi connectivity index (χ2v) is 8.02. The first-order valence-corrected chi connectivity index (χ1v) is 11.2. The maximum atomic E-state index is 13.2. The molecule has 4 heterocycles. The SMILES string of the molecule is CCn1cc(C(=O)Nc2ccccc2Cc2nc(-c3cccnc3)no2)c(=O)c2ccc(C)nc21. The maximum absolute atomic E-state index is 13.2. The number of hydrogen-bond acceptors (Lipinski definition) is 7. The number of pyridine rings is 3. The summed E-state index contributed by atoms with van der Waals surface area (Å²) in [5.74, 6) is 0.342. The molecule has 0 spiro atoms. The van der Waals surface area contributed by atoms with Crippen molar-refractivity contribution in [1.29, 1.82) is 0 Å². The third-order valence-corrected chi connectivity index (χ3v) is 5.64. The quantitative estimate of drug-likeness (QED) is 0.402. The Kier molecular flexibility index (Phi) is 5.88. The molecule has 174 valence electrons. The van der Waals surface area contributed by atoms with Crippen molar-refractivity contribution in [3.8, 4) is 11.4 Å². The van der Waals surface area contributed by atoms with Crippen molar-refractivity contribution in [2.45, 2.75) is 26.8 Å². The van der Waals surface area contributed by atoms with Gasteiger partial charge in [-0.25, -0.2) is 4.98 Å². The lowest BCUT2D eigenvalue weighted by Crippen LogP contribution is -2.24. The lowest BCUT2D eigenvalue weighted by atomic mass is 10.1. The fourth-order valence-electron chi connectivity index (χ4n) is 3.85. The summed E-state index contributed by atoms with van der Waals surface area (Å²) in [4.78, 5) is 39.3. The standard InChI is InChI=1S/C26H22N6O3/c1-3-32-15-20(23(33)19-11-10-16(2)28-25(19)32)26(34)29-21-9-5-4-7-17(21)13-22-30-24(31-35-22)18-8-6-12-27-14-18/h4-12,14-15H,3,13H2,1-2H3,(H,29,34). The normalized spacial score (nSPS) is 11.0. The number of hydrogen-bond donors (Lipinski definition) is 1. The molecular weight excluding hydrogens is 444 g/mol. The molecule has 5 rings (SSSR count). The number of para-hydroxylation sites is 1. The van der Waals surface area contributed by atoms with E-state index >= 15 is 0 Å². The van der Waals surface area contributed by atoms with Crippen LogP contribution in [0.4, 0.5) is 5.69 Å². The minimum absolute atomic E-state index is 0.0523. The van der Waals surface area contributed by atoms with Gasteiger partial charge in [0.2, 0.25) is 17.1 Å². The van der Waals surface area contributed by atoms with Crippen molar-refractivity contribution >= 4 is 22.6 Å². The molecule has 35 heavy (non-hydrogen) atoms. The van der Waals surface area contributed by atoms with Gasteiger partial charge in [0.15, 0.2) is 0 Å². The third-order valence-electron chi connectivity index (χ3n) is 5.64. The molecule has 0 aliphatic rings. The molecule has 9 nitrogen and oxygen atoms in total. The van der Waals surface area contributed by atoms with Crippen LogP contribution >= 0.6 is 0 Å². The fraction of sp³-hybridized carbons (Fsp3) is 0.154. The van der Waals surface area contributed by atoms with Gasteiger partial charge >= 0.3 is 0 Å². The molecule has 0 aliphatic heterocycles. The van der Waals surface area contributed by atoms with E-state index in [-0.39, 0.29) is 11.0 Å². The zero-order chi connectivity index (χ0) is 24.4. The van der Waals surface area contributed by atoms with E-state index in [4.69, 9.17) is 4.52 Å². The molecule has 0 aliphatic carbocycles. The molecule has 0 saturated carbocycles. The van der Waals surface area contributed by atoms with Crippen LogP contribution in [0.2, 0.25) is 0 Å². The number of rotatable bonds is 6. The average Bonchev–Trinajstić information content (AvgIpc) is 3.34. The topological polar surface area (TPSA) is 116 Å². The summed E-state index contributed by atoms with van der Waals surface area (Å²) in [5, 5.41) is 7.31. The summed E-state index contributed by atoms with van der Waals surface area (Å²) >= 11 is 0. The molecule has 0 unspecified atom stereocenters. The molecular formula is C26H22N6O3. The van der Waals surface area contributed by atoms with Gasteiger partial charge in [-0.05, 0) is 49.7 Å². The summed E-state index contributed by atoms with van der Waals surface area (Å²) in [7, 11) is 0. The molecule has 4 aromatic heterocycles. The molecule has 5 aromatic rings. The molecule has 0 atom stereocenters. The van der Waals surface area contributed by atoms with Gasteiger partial charge in [-0.2, -0.15) is 4.98 Å². The Morgan fingerprint density at radius 1 is 1.09 bits per heavy atom. The van der Waals surface area contributed by atoms with Gasteiger partial charge < -0.3 is 14.4 Å². The van der Waals surface area contributed by atoms with Crippen molar-refractivity contribution in [3.63, 3.8) is 0 Å². The average molecular weight is 467 g/mol. The maximum Gasteiger partial charge on any atom is 0.261 e. The van der Waals surface area contributed by atoms with E-state index in [1.165, 1.54) is 0 Å². The van der Waals surface area contributed by atoms with Gasteiger partial charge in [-0.1, -0.05) is 23.4 Å². The van der Waals surface area contributed by atoms with Crippen LogP contribution in [0.15, 0.2) is 76.4 Å². The van der Waals surface area contributed by atoms with Crippen LogP contribution in [0.1, 0.15) is 34.4 Å². The smallest absolute Gasteiger partial charge is 0.261 e. The van der Waals surface area contributed by atoms with E-state index in [2.05, 4.69) is 25.4 Å². The molecule has 1 aromatic carbocycles. The molecule has 0 radical (unpaired) electrons. The number of anilines is 1. The van der Waals surface area contributed by atoms with Crippen molar-refractivity contribution in [1.82, 2.24) is 24.7 Å². The molecule has 0 fully saturated rings. The second-order valence-electron chi connectivity index (χ2n) is 8.02. The molecule has 0 bridgehead atoms. The summed E-state index contributed by atoms with van der Waals surface area (Å²) in [6, 6.07) is 14.4. The minimum Gasteiger partial charge on any atom is -0.339 e. The van der Waals surface area contributed by atoms with Crippen molar-refractivity contribution in [2.24, 2.45) is 0 Å². The summed E-state index contributed by atoms with van der Waals surface area (Å²) in [6.07, 6.45) is 5.20. The number of amides is 1. The molecule has 1 amide bonds. The highest BCUT2D eigenvalue weighted by atomic mass is 16.5. The lowest BCUT2D eigenvalue weighted by Gasteiger charge is -2.13. The third kappa shape index (κ3) is 4.43. The monoisotopic (exact) mass is 466 g/mol. The number of nitrogens with zero attached hydrogens (tertiary/aromatic N) is 5. The van der Waals surface area contributed by atoms with Crippen molar-refractivity contribution in [3.05, 3.63) is 100 Å². The number of aryl methyl sites for hydroxylation is 2. The van der Waals surface area contributed by atoms with Crippen LogP contribution in [-0.4, -0.2) is 30.6 Å². The van der Waals surface area contributed by atoms with Crippen LogP contribution < -0.4 is 10.7 Å². The van der Waals surface area contributed by atoms with Crippen LogP contribution in [0, 0.1) is 6.92 Å². The van der Waals surface area contributed by atoms with Gasteiger partial charge in [-0.3, -0.25) is 14.6 Å². The number of fused-ring (bicyclic) bond motifs is 1. The molecule has 9 heteroatoms. The van der Waals surface area contributed by atoms with E-state index in [0.717, 1.165) is 16.8 Å². The zero-order valence-electron chi connectivity index (χ0n) is 19.2. The predicted octanol–water partition coefficient (Wildman–Crippen LogP) is 4.01. The number of aromatic nitrogens is 5. The Morgan fingerprint density at radius 3 is 2.74 bits per heavy atom. The van der Waals surface area contributed by atoms with Gasteiger partial charge in [0.1, 0.15) is 11.2 Å². The van der Waals surface area contributed by atoms with Crippen molar-refractivity contribution < 1.29 is 9.32 Å². The fourth-order valence-corrected chi connectivity index (χ4v) is 3.85. The highest BCUT2D eigenvalue weighted by Gasteiger charge is 2.18. The van der Waals surface area contributed by atoms with Crippen molar-refractivity contribution in [2.75, 3.05) is 5.32 Å². The van der Waals surface area contributed by atoms with Gasteiger partial charge in [-0.15, -0.1) is 0 Å². The summed E-state index contributed by atoms with van der Waals surface area (Å²) in [6.45, 7) is 4.38. The van der Waals surface area contributed by atoms with Gasteiger partial charge in [0.05, 0.1) is 11.8 Å². The number of carbonyl (C=O) groups is 1. The number of benzene rings is 1. The Labute approximate surface area is 200 Å². The van der Waals surface area contributed by atoms with Gasteiger partial charge in [0.25, 0.3) is 5.91 Å². The first kappa shape index (κ1) is 22.1. The molecule has 1 N–H and O–H groups in total. The molecule has 0 saturated heterocycles. The van der Waals surface area contributed by atoms with E-state index in [0.29, 0.717) is 41.4 Å². The Balaban J connectivity index is 1.43. The van der Waals surface area contributed by atoms with Gasteiger partial charge in [0, 0.05) is 42.1 Å². The second kappa shape index (κ2) is 9.30. The Bertz CT molecular complexity index is 1590. The lowest BCUT2D eigenvalue weighted by molar-refractivity contribution is 0.102. The van der Waals surface area contributed by atoms with Crippen LogP contribution in [0.25, 0.3) is 22.4 Å². The first-order chi connectivity index (χ1) is 17.0. The number of nitrogens with one attached hydrogen (secondary N) is 1. The van der Waals surface area contributed by atoms with Crippen LogP contribution in [-0.2, 0) is 13.0 Å². The first-order valence-electron chi connectivity index (χ1n) is 11.2. The summed E-state index contributed by atoms with van der Waals surface area (Å²) in [5.41, 5.74) is 3.14. The highest BCUT2D eigenvalue weighted by molar-refractivity contribution is 6.06. The highest BCUT2D eigenvalue weighted by Crippen LogP contribution is 2.21. The zero-order valence-corrected chi connectivity index (χ0v) is 19.2. The van der Waals surface area contributed by atoms with E-state index in [1.807, 2.05) is 42.7 Å². The largest absolute Gasteiger partial charge is 0.339 e. The minimum atomic E-state index is -0.492. The van der Waals surface area contributed by atoms with Crippen LogP contribution in [0.5, 0.6) is 0 Å². The predicted molar refractivity (Wildman–Crippen MR) is 131 cm³/mol. The van der Waals surface area contributed by atoms with Crippen LogP contribution in [0.3, 0.4) is 0 Å². The van der Waals surface area contributed by atoms with E-state index < -0.39 is 5.91 Å². The Hall–Kier alpha value is -4.66. The number of carbonyl (C=O) groups excluding carboxylic acids is 1. The van der Waals surface area contributed by atoms with E-state index in [9.17, 15) is 9.59 Å². The van der Waals surface area contributed by atoms with E-state index in [1.54, 1.807) is 42.9 Å². The Morgan fingerprint density at radius 2 is 1.94 bits per heavy atom. The summed E-state index contributed by atoms with van der Waals surface area (Å²) < 4.78 is 7.22.